The van der Waals surface area contributed by atoms with E-state index in [1.807, 2.05) is 0 Å². The van der Waals surface area contributed by atoms with Gasteiger partial charge in [0.1, 0.15) is 0 Å². The summed E-state index contributed by atoms with van der Waals surface area (Å²) < 4.78 is 59.3. The van der Waals surface area contributed by atoms with Crippen LogP contribution in [0.1, 0.15) is 46.0 Å². The maximum Gasteiger partial charge on any atom is 0.516 e. The molecule has 1 N–H and O–H groups in total. The summed E-state index contributed by atoms with van der Waals surface area (Å²) in [6, 6.07) is 0. The summed E-state index contributed by atoms with van der Waals surface area (Å²) in [5, 5.41) is 0. The van der Waals surface area contributed by atoms with Gasteiger partial charge in [-0.1, -0.05) is 13.8 Å². The fourth-order valence-corrected chi connectivity index (χ4v) is 3.15. The van der Waals surface area contributed by atoms with Crippen molar-refractivity contribution in [2.24, 2.45) is 17.8 Å². The molecule has 0 saturated heterocycles. The molecule has 0 spiro atoms. The van der Waals surface area contributed by atoms with Crippen molar-refractivity contribution in [2.45, 2.75) is 51.5 Å². The van der Waals surface area contributed by atoms with Crippen molar-refractivity contribution >= 4 is 15.9 Å². The number of hydrogen-bond donors (Lipinski definition) is 1. The molecule has 0 aromatic heterocycles. The molecule has 1 rings (SSSR count). The number of hydrogen-bond acceptors (Lipinski definition) is 3. The van der Waals surface area contributed by atoms with Crippen LogP contribution in [0, 0.1) is 17.8 Å². The largest absolute Gasteiger partial charge is 0.516 e. The highest BCUT2D eigenvalue weighted by Crippen LogP contribution is 2.33. The van der Waals surface area contributed by atoms with E-state index in [4.69, 9.17) is 0 Å². The lowest BCUT2D eigenvalue weighted by Crippen LogP contribution is -2.43. The highest BCUT2D eigenvalue weighted by Gasteiger charge is 2.47. The van der Waals surface area contributed by atoms with Gasteiger partial charge in [0.05, 0.1) is 0 Å². The first-order valence-electron chi connectivity index (χ1n) is 6.66. The van der Waals surface area contributed by atoms with Crippen LogP contribution in [-0.2, 0) is 14.8 Å². The Morgan fingerprint density at radius 3 is 2.10 bits per heavy atom. The van der Waals surface area contributed by atoms with E-state index in [9.17, 15) is 26.4 Å². The van der Waals surface area contributed by atoms with Crippen LogP contribution >= 0.6 is 0 Å². The summed E-state index contributed by atoms with van der Waals surface area (Å²) in [6.07, 6.45) is 3.41. The predicted molar refractivity (Wildman–Crippen MR) is 68.0 cm³/mol. The zero-order valence-corrected chi connectivity index (χ0v) is 12.4. The van der Waals surface area contributed by atoms with Crippen LogP contribution in [0.25, 0.3) is 0 Å². The number of alkyl halides is 3. The van der Waals surface area contributed by atoms with Gasteiger partial charge in [-0.3, -0.25) is 4.79 Å². The van der Waals surface area contributed by atoms with Gasteiger partial charge in [-0.2, -0.15) is 21.6 Å². The minimum atomic E-state index is -5.58. The summed E-state index contributed by atoms with van der Waals surface area (Å²) in [4.78, 5) is 11.6. The van der Waals surface area contributed by atoms with Gasteiger partial charge in [-0.25, -0.2) is 4.72 Å². The van der Waals surface area contributed by atoms with Crippen LogP contribution in [0.2, 0.25) is 0 Å². The van der Waals surface area contributed by atoms with Crippen LogP contribution in [0.15, 0.2) is 0 Å². The third-order valence-electron chi connectivity index (χ3n) is 3.56. The zero-order chi connectivity index (χ0) is 15.6. The van der Waals surface area contributed by atoms with Crippen molar-refractivity contribution in [3.63, 3.8) is 0 Å². The number of carbonyl (C=O) groups is 1. The molecule has 0 heterocycles. The maximum absolute atomic E-state index is 12.2. The second-order valence-electron chi connectivity index (χ2n) is 5.76. The molecule has 0 atom stereocenters. The molecule has 1 saturated carbocycles. The lowest BCUT2D eigenvalue weighted by Gasteiger charge is -2.28. The fraction of sp³-hybridized carbons (Fsp3) is 0.917. The van der Waals surface area contributed by atoms with Gasteiger partial charge in [-0.15, -0.1) is 0 Å². The topological polar surface area (TPSA) is 63.2 Å². The van der Waals surface area contributed by atoms with E-state index in [1.165, 1.54) is 0 Å². The average Bonchev–Trinajstić information content (AvgIpc) is 2.26. The Labute approximate surface area is 117 Å². The number of sulfonamides is 1. The number of amides is 1. The van der Waals surface area contributed by atoms with E-state index in [2.05, 4.69) is 13.8 Å². The molecule has 0 radical (unpaired) electrons. The van der Waals surface area contributed by atoms with E-state index in [0.717, 1.165) is 24.0 Å². The van der Waals surface area contributed by atoms with Gasteiger partial charge in [-0.05, 0) is 43.9 Å². The number of nitrogens with one attached hydrogen (secondary N) is 1. The highest BCUT2D eigenvalue weighted by molar-refractivity contribution is 7.90. The Morgan fingerprint density at radius 2 is 1.70 bits per heavy atom. The van der Waals surface area contributed by atoms with E-state index in [0.29, 0.717) is 24.7 Å². The Bertz CT molecular complexity index is 437. The molecule has 1 aliphatic carbocycles. The van der Waals surface area contributed by atoms with Crippen LogP contribution in [0.3, 0.4) is 0 Å². The number of rotatable bonds is 4. The zero-order valence-electron chi connectivity index (χ0n) is 11.5. The first-order chi connectivity index (χ1) is 9.03. The lowest BCUT2D eigenvalue weighted by atomic mass is 9.78. The van der Waals surface area contributed by atoms with Crippen LogP contribution in [0.5, 0.6) is 0 Å². The minimum Gasteiger partial charge on any atom is -0.274 e. The summed E-state index contributed by atoms with van der Waals surface area (Å²) >= 11 is 0. The Balaban J connectivity index is 2.52. The molecule has 118 valence electrons. The molecule has 1 amide bonds. The standard InChI is InChI=1S/C12H20F3NO3S/c1-8(2)7-9-3-5-10(6-4-9)11(17)16-20(18,19)12(13,14)15/h8-10H,3-7H2,1-2H3,(H,16,17). The van der Waals surface area contributed by atoms with Crippen molar-refractivity contribution < 1.29 is 26.4 Å². The van der Waals surface area contributed by atoms with Crippen LogP contribution in [0.4, 0.5) is 13.2 Å². The Kier molecular flexibility index (Phi) is 5.46. The molecule has 1 fully saturated rings. The van der Waals surface area contributed by atoms with Gasteiger partial charge in [0.15, 0.2) is 0 Å². The SMILES string of the molecule is CC(C)CC1CCC(C(=O)NS(=O)(=O)C(F)(F)F)CC1. The van der Waals surface area contributed by atoms with Gasteiger partial charge in [0, 0.05) is 5.92 Å². The quantitative estimate of drug-likeness (QED) is 0.867. The fourth-order valence-electron chi connectivity index (χ4n) is 2.60. The summed E-state index contributed by atoms with van der Waals surface area (Å²) in [7, 11) is -5.58. The molecule has 1 aliphatic rings. The van der Waals surface area contributed by atoms with E-state index >= 15 is 0 Å². The van der Waals surface area contributed by atoms with Gasteiger partial charge in [0.25, 0.3) is 0 Å². The van der Waals surface area contributed by atoms with Crippen molar-refractivity contribution in [3.8, 4) is 0 Å². The van der Waals surface area contributed by atoms with Crippen molar-refractivity contribution in [3.05, 3.63) is 0 Å². The van der Waals surface area contributed by atoms with E-state index < -0.39 is 27.4 Å². The van der Waals surface area contributed by atoms with Crippen molar-refractivity contribution in [1.29, 1.82) is 0 Å². The van der Waals surface area contributed by atoms with Gasteiger partial charge < -0.3 is 0 Å². The molecular formula is C12H20F3NO3S. The van der Waals surface area contributed by atoms with Crippen LogP contribution in [-0.4, -0.2) is 19.8 Å². The van der Waals surface area contributed by atoms with Crippen LogP contribution < -0.4 is 4.72 Å². The highest BCUT2D eigenvalue weighted by atomic mass is 32.2. The van der Waals surface area contributed by atoms with Gasteiger partial charge in [0.2, 0.25) is 5.91 Å². The van der Waals surface area contributed by atoms with E-state index in [1.54, 1.807) is 0 Å². The molecule has 8 heteroatoms. The Hall–Kier alpha value is -0.790. The first kappa shape index (κ1) is 17.3. The lowest BCUT2D eigenvalue weighted by molar-refractivity contribution is -0.125. The second-order valence-corrected chi connectivity index (χ2v) is 7.44. The maximum atomic E-state index is 12.2. The average molecular weight is 315 g/mol. The molecule has 0 aromatic rings. The number of halogens is 3. The molecule has 0 bridgehead atoms. The number of carbonyl (C=O) groups excluding carboxylic acids is 1. The molecule has 0 unspecified atom stereocenters. The molecule has 20 heavy (non-hydrogen) atoms. The molecule has 4 nitrogen and oxygen atoms in total. The van der Waals surface area contributed by atoms with Crippen molar-refractivity contribution in [2.75, 3.05) is 0 Å². The van der Waals surface area contributed by atoms with E-state index in [-0.39, 0.29) is 0 Å². The summed E-state index contributed by atoms with van der Waals surface area (Å²) in [6.45, 7) is 4.18. The first-order valence-corrected chi connectivity index (χ1v) is 8.14. The van der Waals surface area contributed by atoms with Crippen molar-refractivity contribution in [1.82, 2.24) is 4.72 Å². The third kappa shape index (κ3) is 4.64. The minimum absolute atomic E-state index is 0.441. The summed E-state index contributed by atoms with van der Waals surface area (Å²) in [5.41, 5.74) is -5.45. The molecule has 0 aliphatic heterocycles. The predicted octanol–water partition coefficient (Wildman–Crippen LogP) is 2.80. The summed E-state index contributed by atoms with van der Waals surface area (Å²) in [5.74, 6) is -0.671. The molecular weight excluding hydrogens is 295 g/mol. The van der Waals surface area contributed by atoms with Gasteiger partial charge >= 0.3 is 15.5 Å². The smallest absolute Gasteiger partial charge is 0.274 e. The molecule has 0 aromatic carbocycles. The monoisotopic (exact) mass is 315 g/mol. The third-order valence-corrected chi connectivity index (χ3v) is 4.64. The second kappa shape index (κ2) is 6.32. The Morgan fingerprint density at radius 1 is 1.20 bits per heavy atom. The normalized spacial score (nSPS) is 24.7.